The summed E-state index contributed by atoms with van der Waals surface area (Å²) in [6.07, 6.45) is 14.3. The van der Waals surface area contributed by atoms with Crippen LogP contribution in [-0.2, 0) is 6.42 Å². The van der Waals surface area contributed by atoms with Crippen molar-refractivity contribution in [2.24, 2.45) is 28.1 Å². The fourth-order valence-corrected chi connectivity index (χ4v) is 11.1. The quantitative estimate of drug-likeness (QED) is 0.268. The Morgan fingerprint density at radius 3 is 1.28 bits per heavy atom. The third kappa shape index (κ3) is 9.35. The summed E-state index contributed by atoms with van der Waals surface area (Å²) in [6, 6.07) is 12.8. The van der Waals surface area contributed by atoms with E-state index in [-0.39, 0.29) is 5.54 Å². The Bertz CT molecular complexity index is 1240. The number of nitrogens with zero attached hydrogens (tertiary/aromatic N) is 3. The highest BCUT2D eigenvalue weighted by Gasteiger charge is 2.52. The van der Waals surface area contributed by atoms with Crippen molar-refractivity contribution >= 4 is 5.69 Å². The second-order valence-corrected chi connectivity index (χ2v) is 23.5. The lowest BCUT2D eigenvalue weighted by Gasteiger charge is -2.47. The Morgan fingerprint density at radius 1 is 0.460 bits per heavy atom. The second kappa shape index (κ2) is 14.6. The van der Waals surface area contributed by atoms with E-state index in [9.17, 15) is 0 Å². The van der Waals surface area contributed by atoms with Gasteiger partial charge in [0.2, 0.25) is 0 Å². The van der Waals surface area contributed by atoms with Crippen molar-refractivity contribution < 1.29 is 0 Å². The van der Waals surface area contributed by atoms with Gasteiger partial charge in [-0.15, -0.1) is 0 Å². The molecule has 0 radical (unpaired) electrons. The van der Waals surface area contributed by atoms with E-state index in [0.717, 1.165) is 36.0 Å². The molecule has 288 valence electrons. The molecule has 2 aliphatic carbocycles. The van der Waals surface area contributed by atoms with Gasteiger partial charge in [-0.2, -0.15) is 0 Å². The predicted molar refractivity (Wildman–Crippen MR) is 221 cm³/mol. The van der Waals surface area contributed by atoms with E-state index < -0.39 is 0 Å². The predicted octanol–water partition coefficient (Wildman–Crippen LogP) is 12.8. The van der Waals surface area contributed by atoms with Crippen LogP contribution in [-0.4, -0.2) is 56.6 Å². The van der Waals surface area contributed by atoms with E-state index >= 15 is 0 Å². The maximum absolute atomic E-state index is 2.87. The Hall–Kier alpha value is -1.06. The van der Waals surface area contributed by atoms with Crippen molar-refractivity contribution in [3.05, 3.63) is 29.8 Å². The van der Waals surface area contributed by atoms with Crippen molar-refractivity contribution in [3.8, 4) is 0 Å². The summed E-state index contributed by atoms with van der Waals surface area (Å²) in [5, 5.41) is 0. The highest BCUT2D eigenvalue weighted by atomic mass is 15.3. The van der Waals surface area contributed by atoms with E-state index in [1.807, 2.05) is 0 Å². The number of benzene rings is 1. The summed E-state index contributed by atoms with van der Waals surface area (Å²) in [4.78, 5) is 8.34. The highest BCUT2D eigenvalue weighted by Crippen LogP contribution is 2.50. The molecule has 3 heteroatoms. The molecule has 50 heavy (non-hydrogen) atoms. The molecule has 0 spiro atoms. The summed E-state index contributed by atoms with van der Waals surface area (Å²) in [5.41, 5.74) is 4.94. The van der Waals surface area contributed by atoms with Gasteiger partial charge in [-0.05, 0) is 147 Å². The number of hydrogen-bond donors (Lipinski definition) is 0. The van der Waals surface area contributed by atoms with Crippen LogP contribution in [0.5, 0.6) is 0 Å². The first kappa shape index (κ1) is 41.7. The van der Waals surface area contributed by atoms with Crippen molar-refractivity contribution in [1.82, 2.24) is 9.80 Å². The monoisotopic (exact) mass is 692 g/mol. The van der Waals surface area contributed by atoms with Crippen LogP contribution in [0.2, 0.25) is 0 Å². The van der Waals surface area contributed by atoms with Crippen LogP contribution >= 0.6 is 0 Å². The van der Waals surface area contributed by atoms with Crippen molar-refractivity contribution in [1.29, 1.82) is 0 Å². The van der Waals surface area contributed by atoms with Gasteiger partial charge >= 0.3 is 0 Å². The molecule has 7 unspecified atom stereocenters. The van der Waals surface area contributed by atoms with E-state index in [4.69, 9.17) is 0 Å². The smallest absolute Gasteiger partial charge is 0.0406 e. The molecule has 7 atom stereocenters. The summed E-state index contributed by atoms with van der Waals surface area (Å²) in [7, 11) is 0. The van der Waals surface area contributed by atoms with E-state index in [1.54, 1.807) is 0 Å². The van der Waals surface area contributed by atoms with Gasteiger partial charge in [-0.25, -0.2) is 0 Å². The third-order valence-corrected chi connectivity index (χ3v) is 13.2. The minimum Gasteiger partial charge on any atom is -0.363 e. The molecule has 1 aromatic carbocycles. The first-order chi connectivity index (χ1) is 22.6. The molecule has 0 bridgehead atoms. The molecule has 1 aromatic rings. The van der Waals surface area contributed by atoms with Crippen LogP contribution in [0.25, 0.3) is 0 Å². The topological polar surface area (TPSA) is 9.72 Å². The molecule has 3 heterocycles. The van der Waals surface area contributed by atoms with Gasteiger partial charge in [0, 0.05) is 52.5 Å². The Kier molecular flexibility index (Phi) is 12.2. The van der Waals surface area contributed by atoms with Gasteiger partial charge in [0.05, 0.1) is 0 Å². The van der Waals surface area contributed by atoms with Gasteiger partial charge in [0.1, 0.15) is 0 Å². The zero-order valence-electron chi connectivity index (χ0n) is 36.8. The van der Waals surface area contributed by atoms with E-state index in [2.05, 4.69) is 164 Å². The maximum Gasteiger partial charge on any atom is 0.0406 e. The highest BCUT2D eigenvalue weighted by molar-refractivity contribution is 5.61. The number of likely N-dealkylation sites (tertiary alicyclic amines) is 2. The number of para-hydroxylation sites is 1. The van der Waals surface area contributed by atoms with Gasteiger partial charge in [-0.1, -0.05) is 99.8 Å². The average molecular weight is 692 g/mol. The molecule has 3 nitrogen and oxygen atoms in total. The van der Waals surface area contributed by atoms with Crippen LogP contribution in [0.15, 0.2) is 24.3 Å². The molecule has 6 rings (SSSR count). The average Bonchev–Trinajstić information content (AvgIpc) is 3.71. The minimum absolute atomic E-state index is 0.185. The molecular weight excluding hydrogens is 607 g/mol. The number of anilines is 1. The zero-order chi connectivity index (χ0) is 37.8. The Balaban J connectivity index is 0.000000169. The molecule has 0 N–H and O–H groups in total. The largest absolute Gasteiger partial charge is 0.363 e. The molecule has 0 amide bonds. The Labute approximate surface area is 313 Å². The van der Waals surface area contributed by atoms with Gasteiger partial charge < -0.3 is 4.90 Å². The lowest BCUT2D eigenvalue weighted by atomic mass is 9.80. The molecule has 0 aromatic heterocycles. The molecule has 2 saturated heterocycles. The van der Waals surface area contributed by atoms with Crippen LogP contribution in [0.3, 0.4) is 0 Å². The molecular formula is C47H85N3. The Morgan fingerprint density at radius 2 is 0.860 bits per heavy atom. The SMILES string of the molecule is CC(C)(C)C1CC2CCCC2N1C(C)(C)C.CC(C)(C)C1CC2CCCCC2N1C(C)(C)C.CC(C)(C)C1Cc2ccccc2N1C(C)(C)C. The lowest BCUT2D eigenvalue weighted by molar-refractivity contribution is 0.0140. The summed E-state index contributed by atoms with van der Waals surface area (Å²) >= 11 is 0. The van der Waals surface area contributed by atoms with Crippen LogP contribution < -0.4 is 4.90 Å². The van der Waals surface area contributed by atoms with Crippen LogP contribution in [0.4, 0.5) is 5.69 Å². The van der Waals surface area contributed by atoms with Crippen molar-refractivity contribution in [2.45, 2.75) is 236 Å². The number of hydrogen-bond acceptors (Lipinski definition) is 3. The first-order valence-electron chi connectivity index (χ1n) is 21.1. The van der Waals surface area contributed by atoms with Crippen molar-refractivity contribution in [2.75, 3.05) is 4.90 Å². The molecule has 3 aliphatic heterocycles. The fourth-order valence-electron chi connectivity index (χ4n) is 11.1. The zero-order valence-corrected chi connectivity index (χ0v) is 36.8. The minimum atomic E-state index is 0.185. The van der Waals surface area contributed by atoms with E-state index in [0.29, 0.717) is 33.4 Å². The van der Waals surface area contributed by atoms with Gasteiger partial charge in [-0.3, -0.25) is 9.80 Å². The molecule has 2 saturated carbocycles. The summed E-state index contributed by atoms with van der Waals surface area (Å²) in [6.45, 7) is 42.9. The first-order valence-corrected chi connectivity index (χ1v) is 21.1. The van der Waals surface area contributed by atoms with Crippen LogP contribution in [0.1, 0.15) is 188 Å². The van der Waals surface area contributed by atoms with Gasteiger partial charge in [0.15, 0.2) is 0 Å². The number of rotatable bonds is 0. The second-order valence-electron chi connectivity index (χ2n) is 23.5. The maximum atomic E-state index is 2.87. The number of fused-ring (bicyclic) bond motifs is 3. The lowest BCUT2D eigenvalue weighted by Crippen LogP contribution is -2.53. The summed E-state index contributed by atoms with van der Waals surface area (Å²) in [5.74, 6) is 1.97. The molecule has 4 fully saturated rings. The fraction of sp³-hybridized carbons (Fsp3) is 0.872. The van der Waals surface area contributed by atoms with Gasteiger partial charge in [0.25, 0.3) is 0 Å². The third-order valence-electron chi connectivity index (χ3n) is 13.2. The van der Waals surface area contributed by atoms with E-state index in [1.165, 1.54) is 75.5 Å². The van der Waals surface area contributed by atoms with Crippen molar-refractivity contribution in [3.63, 3.8) is 0 Å². The normalized spacial score (nSPS) is 31.0. The standard InChI is InChI=1S/C16H31N.C16H25N.C15H29N/c2*1-15(2,3)14-11-12-9-7-8-10-13(12)17(14)16(4,5)6;1-14(2,3)13-10-11-8-7-9-12(11)16(13)15(4,5)6/h12-14H,7-11H2,1-6H3;7-10,14H,11H2,1-6H3;11-13H,7-10H2,1-6H3. The molecule has 5 aliphatic rings. The summed E-state index contributed by atoms with van der Waals surface area (Å²) < 4.78 is 0. The van der Waals surface area contributed by atoms with Crippen LogP contribution in [0, 0.1) is 28.1 Å².